The van der Waals surface area contributed by atoms with E-state index in [0.717, 1.165) is 23.0 Å². The van der Waals surface area contributed by atoms with E-state index in [1.165, 1.54) is 6.20 Å². The molecule has 0 aliphatic carbocycles. The predicted molar refractivity (Wildman–Crippen MR) is 90.6 cm³/mol. The fraction of sp³-hybridized carbons (Fsp3) is 0.118. The average Bonchev–Trinajstić information content (AvgIpc) is 2.88. The molecule has 0 radical (unpaired) electrons. The van der Waals surface area contributed by atoms with E-state index < -0.39 is 0 Å². The number of hydrogen-bond acceptors (Lipinski definition) is 6. The molecule has 1 aliphatic rings. The van der Waals surface area contributed by atoms with Crippen LogP contribution in [-0.2, 0) is 11.2 Å². The number of benzene rings is 1. The molecular weight excluding hydrogens is 328 g/mol. The van der Waals surface area contributed by atoms with Crippen molar-refractivity contribution in [2.75, 3.05) is 6.61 Å². The van der Waals surface area contributed by atoms with Gasteiger partial charge in [-0.15, -0.1) is 0 Å². The summed E-state index contributed by atoms with van der Waals surface area (Å²) in [5, 5.41) is 11.0. The fourth-order valence-corrected chi connectivity index (χ4v) is 2.75. The second-order valence-electron chi connectivity index (χ2n) is 5.03. The average molecular weight is 342 g/mol. The minimum absolute atomic E-state index is 0.139. The molecule has 6 nitrogen and oxygen atoms in total. The van der Waals surface area contributed by atoms with E-state index in [2.05, 4.69) is 10.3 Å². The molecule has 1 fully saturated rings. The van der Waals surface area contributed by atoms with Crippen LogP contribution >= 0.6 is 11.8 Å². The van der Waals surface area contributed by atoms with Gasteiger partial charge in [0, 0.05) is 12.1 Å². The van der Waals surface area contributed by atoms with E-state index in [9.17, 15) is 14.7 Å². The number of imide groups is 1. The maximum absolute atomic E-state index is 11.5. The highest BCUT2D eigenvalue weighted by molar-refractivity contribution is 8.18. The minimum Gasteiger partial charge on any atom is -0.506 e. The van der Waals surface area contributed by atoms with Crippen LogP contribution in [-0.4, -0.2) is 27.8 Å². The lowest BCUT2D eigenvalue weighted by atomic mass is 10.2. The summed E-state index contributed by atoms with van der Waals surface area (Å²) in [5.74, 6) is 0.474. The predicted octanol–water partition coefficient (Wildman–Crippen LogP) is 2.73. The largest absolute Gasteiger partial charge is 0.506 e. The van der Waals surface area contributed by atoms with E-state index in [0.29, 0.717) is 23.7 Å². The lowest BCUT2D eigenvalue weighted by molar-refractivity contribution is -0.115. The number of aromatic nitrogens is 1. The zero-order valence-corrected chi connectivity index (χ0v) is 13.4. The molecule has 2 N–H and O–H groups in total. The quantitative estimate of drug-likeness (QED) is 0.812. The molecule has 122 valence electrons. The molecule has 1 aliphatic heterocycles. The Bertz CT molecular complexity index is 785. The van der Waals surface area contributed by atoms with Crippen molar-refractivity contribution in [3.8, 4) is 11.5 Å². The highest BCUT2D eigenvalue weighted by atomic mass is 32.2. The van der Waals surface area contributed by atoms with Crippen molar-refractivity contribution >= 4 is 29.0 Å². The Hall–Kier alpha value is -2.80. The van der Waals surface area contributed by atoms with Crippen LogP contribution in [0.15, 0.2) is 47.5 Å². The third-order valence-corrected chi connectivity index (χ3v) is 4.07. The summed E-state index contributed by atoms with van der Waals surface area (Å²) in [6.45, 7) is 0.463. The standard InChI is InChI=1S/C17H14N2O4S/c20-13-4-3-12(18-10-13)7-8-23-14-5-1-11(2-6-14)9-15-16(21)19-17(22)24-15/h1-6,9-10,20H,7-8H2,(H,19,21,22). The Morgan fingerprint density at radius 1 is 1.17 bits per heavy atom. The molecule has 2 aromatic rings. The van der Waals surface area contributed by atoms with Crippen molar-refractivity contribution in [2.45, 2.75) is 6.42 Å². The second kappa shape index (κ2) is 7.18. The van der Waals surface area contributed by atoms with Crippen LogP contribution in [0, 0.1) is 0 Å². The Kier molecular flexibility index (Phi) is 4.81. The molecule has 1 saturated heterocycles. The number of rotatable bonds is 5. The molecule has 2 amide bonds. The molecular formula is C17H14N2O4S. The van der Waals surface area contributed by atoms with E-state index in [-0.39, 0.29) is 16.9 Å². The van der Waals surface area contributed by atoms with Crippen molar-refractivity contribution in [2.24, 2.45) is 0 Å². The normalized spacial score (nSPS) is 15.6. The van der Waals surface area contributed by atoms with Crippen LogP contribution in [0.1, 0.15) is 11.3 Å². The summed E-state index contributed by atoms with van der Waals surface area (Å²) in [7, 11) is 0. The summed E-state index contributed by atoms with van der Waals surface area (Å²) in [5.41, 5.74) is 1.65. The van der Waals surface area contributed by atoms with Gasteiger partial charge >= 0.3 is 0 Å². The van der Waals surface area contributed by atoms with Crippen molar-refractivity contribution in [3.05, 3.63) is 58.8 Å². The van der Waals surface area contributed by atoms with Crippen LogP contribution in [0.3, 0.4) is 0 Å². The van der Waals surface area contributed by atoms with Gasteiger partial charge in [-0.2, -0.15) is 0 Å². The van der Waals surface area contributed by atoms with Gasteiger partial charge in [0.2, 0.25) is 0 Å². The summed E-state index contributed by atoms with van der Waals surface area (Å²) in [6, 6.07) is 10.6. The Morgan fingerprint density at radius 2 is 1.96 bits per heavy atom. The van der Waals surface area contributed by atoms with Crippen molar-refractivity contribution in [1.82, 2.24) is 10.3 Å². The number of hydrogen-bond donors (Lipinski definition) is 2. The Balaban J connectivity index is 1.55. The highest BCUT2D eigenvalue weighted by Gasteiger charge is 2.24. The van der Waals surface area contributed by atoms with Crippen molar-refractivity contribution in [3.63, 3.8) is 0 Å². The molecule has 1 aromatic heterocycles. The number of ether oxygens (including phenoxy) is 1. The number of amides is 2. The second-order valence-corrected chi connectivity index (χ2v) is 6.04. The summed E-state index contributed by atoms with van der Waals surface area (Å²) < 4.78 is 5.64. The number of nitrogens with one attached hydrogen (secondary N) is 1. The number of pyridine rings is 1. The lowest BCUT2D eigenvalue weighted by Crippen LogP contribution is -2.17. The number of thioether (sulfide) groups is 1. The molecule has 24 heavy (non-hydrogen) atoms. The van der Waals surface area contributed by atoms with Gasteiger partial charge in [0.15, 0.2) is 0 Å². The third-order valence-electron chi connectivity index (χ3n) is 3.26. The Labute approximate surface area is 142 Å². The van der Waals surface area contributed by atoms with Crippen LogP contribution in [0.4, 0.5) is 4.79 Å². The molecule has 1 aromatic carbocycles. The van der Waals surface area contributed by atoms with Gasteiger partial charge in [0.1, 0.15) is 11.5 Å². The lowest BCUT2D eigenvalue weighted by Gasteiger charge is -2.06. The molecule has 0 spiro atoms. The topological polar surface area (TPSA) is 88.5 Å². The van der Waals surface area contributed by atoms with Crippen molar-refractivity contribution in [1.29, 1.82) is 0 Å². The van der Waals surface area contributed by atoms with Crippen LogP contribution in [0.25, 0.3) is 6.08 Å². The van der Waals surface area contributed by atoms with E-state index >= 15 is 0 Å². The minimum atomic E-state index is -0.369. The van der Waals surface area contributed by atoms with Gasteiger partial charge in [0.05, 0.1) is 17.7 Å². The van der Waals surface area contributed by atoms with E-state index in [1.54, 1.807) is 30.3 Å². The van der Waals surface area contributed by atoms with Crippen molar-refractivity contribution < 1.29 is 19.4 Å². The first-order valence-electron chi connectivity index (χ1n) is 7.22. The molecule has 0 saturated carbocycles. The van der Waals surface area contributed by atoms with Crippen LogP contribution in [0.5, 0.6) is 11.5 Å². The monoisotopic (exact) mass is 342 g/mol. The van der Waals surface area contributed by atoms with Gasteiger partial charge < -0.3 is 9.84 Å². The molecule has 0 bridgehead atoms. The zero-order valence-electron chi connectivity index (χ0n) is 12.6. The Morgan fingerprint density at radius 3 is 2.58 bits per heavy atom. The fourth-order valence-electron chi connectivity index (χ4n) is 2.07. The zero-order chi connectivity index (χ0) is 16.9. The smallest absolute Gasteiger partial charge is 0.290 e. The molecule has 3 rings (SSSR count). The third kappa shape index (κ3) is 4.14. The maximum Gasteiger partial charge on any atom is 0.290 e. The molecule has 0 unspecified atom stereocenters. The first-order valence-corrected chi connectivity index (χ1v) is 8.03. The van der Waals surface area contributed by atoms with Gasteiger partial charge in [0.25, 0.3) is 11.1 Å². The highest BCUT2D eigenvalue weighted by Crippen LogP contribution is 2.26. The number of nitrogens with zero attached hydrogens (tertiary/aromatic N) is 1. The van der Waals surface area contributed by atoms with E-state index in [1.807, 2.05) is 12.1 Å². The summed E-state index contributed by atoms with van der Waals surface area (Å²) in [6.07, 6.45) is 3.69. The van der Waals surface area contributed by atoms with Crippen LogP contribution < -0.4 is 10.1 Å². The number of carbonyl (C=O) groups excluding carboxylic acids is 2. The van der Waals surface area contributed by atoms with Crippen LogP contribution in [0.2, 0.25) is 0 Å². The number of carbonyl (C=O) groups is 2. The van der Waals surface area contributed by atoms with Gasteiger partial charge in [-0.25, -0.2) is 0 Å². The molecule has 7 heteroatoms. The first-order chi connectivity index (χ1) is 11.6. The SMILES string of the molecule is O=C1NC(=O)C(=Cc2ccc(OCCc3ccc(O)cn3)cc2)S1. The van der Waals surface area contributed by atoms with Gasteiger partial charge in [-0.3, -0.25) is 19.9 Å². The first kappa shape index (κ1) is 16.1. The summed E-state index contributed by atoms with van der Waals surface area (Å²) in [4.78, 5) is 27.1. The number of aromatic hydroxyl groups is 1. The molecule has 0 atom stereocenters. The van der Waals surface area contributed by atoms with Gasteiger partial charge in [-0.05, 0) is 47.7 Å². The maximum atomic E-state index is 11.5. The van der Waals surface area contributed by atoms with E-state index in [4.69, 9.17) is 4.74 Å². The summed E-state index contributed by atoms with van der Waals surface area (Å²) >= 11 is 0.891. The van der Waals surface area contributed by atoms with Gasteiger partial charge in [-0.1, -0.05) is 12.1 Å². The molecule has 2 heterocycles.